The fourth-order valence-electron chi connectivity index (χ4n) is 3.88. The van der Waals surface area contributed by atoms with Crippen molar-refractivity contribution < 1.29 is 42.9 Å². The lowest BCUT2D eigenvalue weighted by Crippen LogP contribution is -2.09. The molecule has 0 amide bonds. The van der Waals surface area contributed by atoms with Gasteiger partial charge in [0.15, 0.2) is 5.06 Å². The third-order valence-electron chi connectivity index (χ3n) is 6.44. The van der Waals surface area contributed by atoms with E-state index in [4.69, 9.17) is 23.7 Å². The molecule has 3 aromatic rings. The average molecular weight is 727 g/mol. The maximum absolute atomic E-state index is 12.9. The van der Waals surface area contributed by atoms with E-state index in [1.807, 2.05) is 12.1 Å². The molecular weight excluding hydrogens is 693 g/mol. The van der Waals surface area contributed by atoms with Crippen LogP contribution in [0.1, 0.15) is 36.8 Å². The summed E-state index contributed by atoms with van der Waals surface area (Å²) in [6.45, 7) is 8.09. The van der Waals surface area contributed by atoms with Crippen LogP contribution in [0.25, 0.3) is 12.2 Å². The molecule has 0 fully saturated rings. The smallest absolute Gasteiger partial charge is 0.355 e. The molecule has 51 heavy (non-hydrogen) atoms. The number of esters is 3. The summed E-state index contributed by atoms with van der Waals surface area (Å²) in [6, 6.07) is 20.6. The first-order chi connectivity index (χ1) is 24.7. The predicted octanol–water partition coefficient (Wildman–Crippen LogP) is 7.26. The molecule has 0 aliphatic carbocycles. The third kappa shape index (κ3) is 14.6. The summed E-state index contributed by atoms with van der Waals surface area (Å²) < 4.78 is 27.0. The molecule has 13 heteroatoms. The van der Waals surface area contributed by atoms with Gasteiger partial charge in [-0.2, -0.15) is 10.5 Å². The van der Waals surface area contributed by atoms with Crippen LogP contribution in [0.2, 0.25) is 0 Å². The van der Waals surface area contributed by atoms with Crippen molar-refractivity contribution in [3.8, 4) is 28.7 Å². The maximum Gasteiger partial charge on any atom is 0.355 e. The van der Waals surface area contributed by atoms with Crippen molar-refractivity contribution in [3.63, 3.8) is 0 Å². The number of thiophene rings is 1. The summed E-state index contributed by atoms with van der Waals surface area (Å²) >= 11 is 1.84. The van der Waals surface area contributed by atoms with E-state index in [9.17, 15) is 29.7 Å². The lowest BCUT2D eigenvalue weighted by molar-refractivity contribution is -0.138. The van der Waals surface area contributed by atoms with Crippen LogP contribution in [-0.4, -0.2) is 49.5 Å². The van der Waals surface area contributed by atoms with Crippen LogP contribution in [-0.2, 0) is 28.7 Å². The number of unbranched alkanes of at least 4 members (excludes halogenated alkanes) is 2. The number of benzene rings is 2. The van der Waals surface area contributed by atoms with Crippen molar-refractivity contribution >= 4 is 58.3 Å². The van der Waals surface area contributed by atoms with Gasteiger partial charge in [0.1, 0.15) is 34.8 Å². The zero-order valence-electron chi connectivity index (χ0n) is 27.5. The topological polar surface area (TPSA) is 162 Å². The highest BCUT2D eigenvalue weighted by molar-refractivity contribution is 8.15. The molecule has 0 bridgehead atoms. The molecule has 0 unspecified atom stereocenters. The van der Waals surface area contributed by atoms with Gasteiger partial charge >= 0.3 is 17.9 Å². The van der Waals surface area contributed by atoms with Gasteiger partial charge in [-0.05, 0) is 97.1 Å². The molecule has 0 aliphatic rings. The summed E-state index contributed by atoms with van der Waals surface area (Å²) in [5.41, 5.74) is 0.906. The highest BCUT2D eigenvalue weighted by Gasteiger charge is 2.17. The van der Waals surface area contributed by atoms with E-state index in [2.05, 4.69) is 13.2 Å². The number of rotatable bonds is 20. The molecule has 0 N–H and O–H groups in total. The first-order valence-corrected chi connectivity index (χ1v) is 17.2. The summed E-state index contributed by atoms with van der Waals surface area (Å²) in [6.07, 6.45) is 7.73. The summed E-state index contributed by atoms with van der Waals surface area (Å²) in [5, 5.41) is 18.9. The molecular formula is C38H34N2O9S2. The lowest BCUT2D eigenvalue weighted by atomic mass is 10.1. The molecule has 0 saturated heterocycles. The summed E-state index contributed by atoms with van der Waals surface area (Å²) in [7, 11) is 0. The van der Waals surface area contributed by atoms with E-state index in [0.717, 1.165) is 35.3 Å². The minimum atomic E-state index is -0.862. The van der Waals surface area contributed by atoms with Crippen LogP contribution in [0.15, 0.2) is 101 Å². The predicted molar refractivity (Wildman–Crippen MR) is 193 cm³/mol. The van der Waals surface area contributed by atoms with Crippen molar-refractivity contribution in [2.75, 3.05) is 26.4 Å². The number of hydrogen-bond acceptors (Lipinski definition) is 13. The number of hydrogen-bond donors (Lipinski definition) is 0. The average Bonchev–Trinajstić information content (AvgIpc) is 3.59. The van der Waals surface area contributed by atoms with Crippen LogP contribution in [0.4, 0.5) is 0 Å². The summed E-state index contributed by atoms with van der Waals surface area (Å²) in [4.78, 5) is 47.7. The molecule has 0 saturated carbocycles. The largest absolute Gasteiger partial charge is 0.494 e. The van der Waals surface area contributed by atoms with Crippen LogP contribution < -0.4 is 14.2 Å². The Labute approximate surface area is 304 Å². The highest BCUT2D eigenvalue weighted by atomic mass is 32.2. The van der Waals surface area contributed by atoms with Crippen LogP contribution in [0.5, 0.6) is 16.6 Å². The van der Waals surface area contributed by atoms with Gasteiger partial charge in [-0.1, -0.05) is 48.8 Å². The number of nitrogens with zero attached hydrogens (tertiary/aromatic N) is 2. The molecule has 3 rings (SSSR count). The third-order valence-corrected chi connectivity index (χ3v) is 8.44. The Morgan fingerprint density at radius 2 is 1.14 bits per heavy atom. The van der Waals surface area contributed by atoms with E-state index >= 15 is 0 Å². The number of carbonyl (C=O) groups is 4. The van der Waals surface area contributed by atoms with Gasteiger partial charge < -0.3 is 23.7 Å². The molecule has 262 valence electrons. The van der Waals surface area contributed by atoms with Gasteiger partial charge in [0.05, 0.1) is 30.6 Å². The Bertz CT molecular complexity index is 1700. The van der Waals surface area contributed by atoms with E-state index in [1.54, 1.807) is 54.6 Å². The van der Waals surface area contributed by atoms with Crippen molar-refractivity contribution in [1.29, 1.82) is 10.5 Å². The molecule has 11 nitrogen and oxygen atoms in total. The van der Waals surface area contributed by atoms with E-state index in [0.29, 0.717) is 65.7 Å². The number of carbonyl (C=O) groups excluding carboxylic acids is 4. The highest BCUT2D eigenvalue weighted by Crippen LogP contribution is 2.35. The standard InChI is InChI=1S/C38H34N2O9S2/c1-3-33(41)47-21-7-5-19-45-31-13-9-27(10-14-31)23-29(25-39)37(43)49-35-17-18-36(50-35)51-38(44)30(26-40)24-28-11-15-32(16-12-28)46-20-6-8-22-48-34(42)4-2/h3-4,9-18,23-24H,1-2,5-8,19-22H2/b29-23+,30-24+. The molecule has 0 atom stereocenters. The number of nitriles is 2. The van der Waals surface area contributed by atoms with Crippen LogP contribution in [0, 0.1) is 22.7 Å². The minimum absolute atomic E-state index is 0.0765. The van der Waals surface area contributed by atoms with Crippen molar-refractivity contribution in [3.05, 3.63) is 108 Å². The van der Waals surface area contributed by atoms with E-state index < -0.39 is 23.0 Å². The molecule has 0 radical (unpaired) electrons. The van der Waals surface area contributed by atoms with E-state index in [1.165, 1.54) is 18.2 Å². The number of thioether (sulfide) groups is 1. The monoisotopic (exact) mass is 726 g/mol. The second-order valence-corrected chi connectivity index (χ2v) is 12.5. The number of ether oxygens (including phenoxy) is 5. The molecule has 1 heterocycles. The van der Waals surface area contributed by atoms with Crippen molar-refractivity contribution in [1.82, 2.24) is 0 Å². The van der Waals surface area contributed by atoms with Gasteiger partial charge in [-0.15, -0.1) is 0 Å². The Balaban J connectivity index is 1.47. The Morgan fingerprint density at radius 1 is 0.667 bits per heavy atom. The van der Waals surface area contributed by atoms with Crippen molar-refractivity contribution in [2.45, 2.75) is 29.9 Å². The zero-order chi connectivity index (χ0) is 36.8. The van der Waals surface area contributed by atoms with E-state index in [-0.39, 0.29) is 29.4 Å². The van der Waals surface area contributed by atoms with Crippen molar-refractivity contribution in [2.24, 2.45) is 0 Å². The lowest BCUT2D eigenvalue weighted by Gasteiger charge is -2.07. The zero-order valence-corrected chi connectivity index (χ0v) is 29.2. The SMILES string of the molecule is C=CC(=O)OCCCCOc1ccc(/C=C(\C#N)C(=O)Oc2ccc(SC(=O)/C(C#N)=C/c3ccc(OCCCCOC(=O)C=C)cc3)s2)cc1. The fourth-order valence-corrected chi connectivity index (χ4v) is 5.65. The Hall–Kier alpha value is -5.89. The van der Waals surface area contributed by atoms with Gasteiger partial charge in [0.25, 0.3) is 0 Å². The van der Waals surface area contributed by atoms with Gasteiger partial charge in [-0.25, -0.2) is 14.4 Å². The van der Waals surface area contributed by atoms with Crippen LogP contribution in [0.3, 0.4) is 0 Å². The first kappa shape index (κ1) is 39.5. The maximum atomic E-state index is 12.9. The quantitative estimate of drug-likeness (QED) is 0.0377. The van der Waals surface area contributed by atoms with Gasteiger partial charge in [0.2, 0.25) is 5.12 Å². The molecule has 0 spiro atoms. The minimum Gasteiger partial charge on any atom is -0.494 e. The molecule has 2 aromatic carbocycles. The van der Waals surface area contributed by atoms with Gasteiger partial charge in [-0.3, -0.25) is 4.79 Å². The Kier molecular flexibility index (Phi) is 17.0. The Morgan fingerprint density at radius 3 is 1.61 bits per heavy atom. The fraction of sp³-hybridized carbons (Fsp3) is 0.211. The first-order valence-electron chi connectivity index (χ1n) is 15.6. The molecule has 1 aromatic heterocycles. The normalized spacial score (nSPS) is 10.9. The second kappa shape index (κ2) is 22.0. The molecule has 0 aliphatic heterocycles. The van der Waals surface area contributed by atoms with Gasteiger partial charge in [0, 0.05) is 12.2 Å². The summed E-state index contributed by atoms with van der Waals surface area (Å²) in [5.74, 6) is -0.575. The van der Waals surface area contributed by atoms with Crippen LogP contribution >= 0.6 is 23.1 Å². The second-order valence-electron chi connectivity index (χ2n) is 10.2.